The van der Waals surface area contributed by atoms with Gasteiger partial charge in [-0.25, -0.2) is 0 Å². The van der Waals surface area contributed by atoms with Gasteiger partial charge in [-0.1, -0.05) is 13.8 Å². The van der Waals surface area contributed by atoms with E-state index < -0.39 is 0 Å². The van der Waals surface area contributed by atoms with Crippen LogP contribution >= 0.6 is 0 Å². The molecular weight excluding hydrogens is 238 g/mol. The highest BCUT2D eigenvalue weighted by atomic mass is 16.5. The Labute approximate surface area is 115 Å². The number of rotatable bonds is 1. The van der Waals surface area contributed by atoms with Crippen molar-refractivity contribution in [3.8, 4) is 0 Å². The lowest BCUT2D eigenvalue weighted by Gasteiger charge is -2.49. The van der Waals surface area contributed by atoms with E-state index in [1.165, 1.54) is 12.8 Å². The molecule has 2 aliphatic rings. The second-order valence-corrected chi connectivity index (χ2v) is 7.07. The molecule has 19 heavy (non-hydrogen) atoms. The summed E-state index contributed by atoms with van der Waals surface area (Å²) in [6.07, 6.45) is 6.57. The van der Waals surface area contributed by atoms with Crippen LogP contribution in [0.1, 0.15) is 58.3 Å². The van der Waals surface area contributed by atoms with Crippen LogP contribution in [-0.2, 0) is 4.74 Å². The van der Waals surface area contributed by atoms with E-state index in [0.29, 0.717) is 11.5 Å². The molecule has 2 atom stereocenters. The van der Waals surface area contributed by atoms with Crippen molar-refractivity contribution in [3.05, 3.63) is 24.2 Å². The van der Waals surface area contributed by atoms with Gasteiger partial charge in [0.15, 0.2) is 0 Å². The number of furan rings is 1. The highest BCUT2D eigenvalue weighted by molar-refractivity contribution is 5.08. The van der Waals surface area contributed by atoms with Gasteiger partial charge in [-0.2, -0.15) is 0 Å². The largest absolute Gasteiger partial charge is 0.467 e. The van der Waals surface area contributed by atoms with Crippen LogP contribution in [0.25, 0.3) is 0 Å². The molecule has 0 amide bonds. The molecule has 3 heteroatoms. The van der Waals surface area contributed by atoms with E-state index >= 15 is 0 Å². The molecule has 3 rings (SSSR count). The van der Waals surface area contributed by atoms with E-state index in [2.05, 4.69) is 26.1 Å². The maximum absolute atomic E-state index is 6.51. The molecule has 0 radical (unpaired) electrons. The van der Waals surface area contributed by atoms with E-state index in [1.807, 2.05) is 12.1 Å². The molecule has 1 saturated carbocycles. The predicted molar refractivity (Wildman–Crippen MR) is 75.0 cm³/mol. The van der Waals surface area contributed by atoms with Gasteiger partial charge in [-0.3, -0.25) is 0 Å². The number of morpholine rings is 1. The highest BCUT2D eigenvalue weighted by Gasteiger charge is 2.45. The van der Waals surface area contributed by atoms with Gasteiger partial charge < -0.3 is 14.5 Å². The summed E-state index contributed by atoms with van der Waals surface area (Å²) in [6, 6.07) is 4.28. The molecule has 106 valence electrons. The van der Waals surface area contributed by atoms with Crippen LogP contribution in [0.5, 0.6) is 0 Å². The van der Waals surface area contributed by atoms with Gasteiger partial charge in [0.2, 0.25) is 0 Å². The molecule has 2 fully saturated rings. The summed E-state index contributed by atoms with van der Waals surface area (Å²) >= 11 is 0. The predicted octanol–water partition coefficient (Wildman–Crippen LogP) is 3.67. The van der Waals surface area contributed by atoms with Crippen LogP contribution in [0, 0.1) is 5.41 Å². The second kappa shape index (κ2) is 4.64. The van der Waals surface area contributed by atoms with Crippen LogP contribution in [0.15, 0.2) is 22.8 Å². The average molecular weight is 263 g/mol. The maximum Gasteiger partial charge on any atom is 0.134 e. The molecule has 1 aromatic heterocycles. The molecule has 0 bridgehead atoms. The fraction of sp³-hybridized carbons (Fsp3) is 0.750. The van der Waals surface area contributed by atoms with Gasteiger partial charge >= 0.3 is 0 Å². The summed E-state index contributed by atoms with van der Waals surface area (Å²) in [5, 5.41) is 3.62. The van der Waals surface area contributed by atoms with Crippen LogP contribution in [0.4, 0.5) is 0 Å². The summed E-state index contributed by atoms with van der Waals surface area (Å²) in [5.74, 6) is 0.948. The van der Waals surface area contributed by atoms with Crippen molar-refractivity contribution in [3.63, 3.8) is 0 Å². The van der Waals surface area contributed by atoms with Gasteiger partial charge in [0.25, 0.3) is 0 Å². The Morgan fingerprint density at radius 1 is 1.21 bits per heavy atom. The van der Waals surface area contributed by atoms with E-state index in [-0.39, 0.29) is 11.7 Å². The van der Waals surface area contributed by atoms with E-state index in [9.17, 15) is 0 Å². The van der Waals surface area contributed by atoms with Gasteiger partial charge in [0, 0.05) is 12.6 Å². The van der Waals surface area contributed by atoms with Crippen molar-refractivity contribution >= 4 is 0 Å². The molecule has 2 unspecified atom stereocenters. The summed E-state index contributed by atoms with van der Waals surface area (Å²) in [6.45, 7) is 7.87. The van der Waals surface area contributed by atoms with Gasteiger partial charge in [0.1, 0.15) is 11.9 Å². The minimum Gasteiger partial charge on any atom is -0.467 e. The zero-order valence-corrected chi connectivity index (χ0v) is 12.2. The third-order valence-corrected chi connectivity index (χ3v) is 4.92. The summed E-state index contributed by atoms with van der Waals surface area (Å²) < 4.78 is 12.1. The van der Waals surface area contributed by atoms with E-state index in [0.717, 1.165) is 25.1 Å². The van der Waals surface area contributed by atoms with Gasteiger partial charge in [-0.05, 0) is 50.2 Å². The number of hydrogen-bond donors (Lipinski definition) is 1. The SMILES string of the molecule is CC1NCC2(CCC(C)(C)CC2)OC1c1ccco1. The fourth-order valence-corrected chi connectivity index (χ4v) is 3.30. The smallest absolute Gasteiger partial charge is 0.134 e. The van der Waals surface area contributed by atoms with Crippen molar-refractivity contribution in [2.45, 2.75) is 64.2 Å². The second-order valence-electron chi connectivity index (χ2n) is 7.07. The number of nitrogens with one attached hydrogen (secondary N) is 1. The first-order chi connectivity index (χ1) is 9.00. The lowest BCUT2D eigenvalue weighted by Crippen LogP contribution is -2.56. The Hall–Kier alpha value is -0.800. The van der Waals surface area contributed by atoms with Crippen LogP contribution < -0.4 is 5.32 Å². The Balaban J connectivity index is 1.75. The fourth-order valence-electron chi connectivity index (χ4n) is 3.30. The van der Waals surface area contributed by atoms with Gasteiger partial charge in [-0.15, -0.1) is 0 Å². The normalized spacial score (nSPS) is 33.4. The Bertz CT molecular complexity index is 414. The molecule has 1 spiro atoms. The van der Waals surface area contributed by atoms with Crippen molar-refractivity contribution < 1.29 is 9.15 Å². The van der Waals surface area contributed by atoms with Crippen LogP contribution in [-0.4, -0.2) is 18.2 Å². The third-order valence-electron chi connectivity index (χ3n) is 4.92. The zero-order valence-electron chi connectivity index (χ0n) is 12.2. The highest BCUT2D eigenvalue weighted by Crippen LogP contribution is 2.45. The van der Waals surface area contributed by atoms with Crippen molar-refractivity contribution in [2.75, 3.05) is 6.54 Å². The quantitative estimate of drug-likeness (QED) is 0.839. The summed E-state index contributed by atoms with van der Waals surface area (Å²) in [4.78, 5) is 0. The van der Waals surface area contributed by atoms with Crippen molar-refractivity contribution in [1.29, 1.82) is 0 Å². The van der Waals surface area contributed by atoms with Crippen LogP contribution in [0.2, 0.25) is 0 Å². The zero-order chi connectivity index (χ0) is 13.5. The first-order valence-corrected chi connectivity index (χ1v) is 7.44. The summed E-state index contributed by atoms with van der Waals surface area (Å²) in [7, 11) is 0. The standard InChI is InChI=1S/C16H25NO2/c1-12-14(13-5-4-10-18-13)19-16(11-17-12)8-6-15(2,3)7-9-16/h4-5,10,12,14,17H,6-9,11H2,1-3H3. The Morgan fingerprint density at radius 3 is 2.58 bits per heavy atom. The molecule has 1 N–H and O–H groups in total. The Morgan fingerprint density at radius 2 is 1.95 bits per heavy atom. The van der Waals surface area contributed by atoms with Gasteiger partial charge in [0.05, 0.1) is 11.9 Å². The van der Waals surface area contributed by atoms with Crippen molar-refractivity contribution in [1.82, 2.24) is 5.32 Å². The minimum absolute atomic E-state index is 0.0134. The summed E-state index contributed by atoms with van der Waals surface area (Å²) in [5.41, 5.74) is 0.483. The molecular formula is C16H25NO2. The third kappa shape index (κ3) is 2.59. The maximum atomic E-state index is 6.51. The molecule has 3 nitrogen and oxygen atoms in total. The first kappa shape index (κ1) is 13.2. The average Bonchev–Trinajstić information content (AvgIpc) is 2.90. The first-order valence-electron chi connectivity index (χ1n) is 7.44. The topological polar surface area (TPSA) is 34.4 Å². The minimum atomic E-state index is 0.0134. The Kier molecular flexibility index (Phi) is 3.22. The molecule has 1 aliphatic heterocycles. The van der Waals surface area contributed by atoms with Crippen molar-refractivity contribution in [2.24, 2.45) is 5.41 Å². The molecule has 1 aromatic rings. The number of ether oxygens (including phenoxy) is 1. The molecule has 2 heterocycles. The number of hydrogen-bond acceptors (Lipinski definition) is 3. The molecule has 0 aromatic carbocycles. The monoisotopic (exact) mass is 263 g/mol. The van der Waals surface area contributed by atoms with E-state index in [1.54, 1.807) is 6.26 Å². The lowest BCUT2D eigenvalue weighted by molar-refractivity contribution is -0.166. The lowest BCUT2D eigenvalue weighted by atomic mass is 9.70. The van der Waals surface area contributed by atoms with E-state index in [4.69, 9.17) is 9.15 Å². The molecule has 1 saturated heterocycles. The molecule has 1 aliphatic carbocycles. The van der Waals surface area contributed by atoms with Crippen LogP contribution in [0.3, 0.4) is 0 Å².